The Morgan fingerprint density at radius 1 is 1.39 bits per heavy atom. The predicted molar refractivity (Wildman–Crippen MR) is 138 cm³/mol. The second-order valence-electron chi connectivity index (χ2n) is 8.47. The summed E-state index contributed by atoms with van der Waals surface area (Å²) in [5, 5.41) is 9.22. The summed E-state index contributed by atoms with van der Waals surface area (Å²) in [4.78, 5) is 33.8. The van der Waals surface area contributed by atoms with Crippen LogP contribution in [-0.2, 0) is 9.53 Å². The monoisotopic (exact) mass is 506 g/mol. The van der Waals surface area contributed by atoms with E-state index >= 15 is 0 Å². The Morgan fingerprint density at radius 3 is 2.63 bits per heavy atom. The molecule has 1 aromatic rings. The van der Waals surface area contributed by atoms with E-state index in [9.17, 15) is 15.0 Å². The number of hydrogen-bond acceptors (Lipinski definition) is 7. The summed E-state index contributed by atoms with van der Waals surface area (Å²) >= 11 is 0. The number of aliphatic imine (C=N–C) groups is 1. The van der Waals surface area contributed by atoms with Gasteiger partial charge < -0.3 is 63.2 Å². The molecule has 2 fully saturated rings. The molecule has 2 N–H and O–H groups in total. The van der Waals surface area contributed by atoms with Gasteiger partial charge in [-0.05, 0) is 19.8 Å². The fourth-order valence-electron chi connectivity index (χ4n) is 3.36. The van der Waals surface area contributed by atoms with Crippen molar-refractivity contribution in [2.75, 3.05) is 32.7 Å². The summed E-state index contributed by atoms with van der Waals surface area (Å²) in [6.07, 6.45) is 11.3. The number of aromatic nitrogens is 1. The first kappa shape index (κ1) is 35.7. The number of carbonyl (C=O) groups excluding carboxylic acids is 2. The van der Waals surface area contributed by atoms with Crippen molar-refractivity contribution in [2.45, 2.75) is 37.9 Å². The van der Waals surface area contributed by atoms with Gasteiger partial charge in [-0.25, -0.2) is 9.78 Å². The van der Waals surface area contributed by atoms with E-state index in [4.69, 9.17) is 21.8 Å². The van der Waals surface area contributed by atoms with Gasteiger partial charge in [0, 0.05) is 25.7 Å². The molecule has 2 amide bonds. The number of carbonyl (C=O) groups is 2. The Hall–Kier alpha value is -2.34. The second-order valence-corrected chi connectivity index (χ2v) is 8.47. The van der Waals surface area contributed by atoms with Crippen LogP contribution in [0.15, 0.2) is 29.4 Å². The van der Waals surface area contributed by atoms with Crippen LogP contribution in [0.2, 0.25) is 0 Å². The van der Waals surface area contributed by atoms with E-state index in [2.05, 4.69) is 36.2 Å². The molecule has 0 bridgehead atoms. The van der Waals surface area contributed by atoms with E-state index in [-0.39, 0.29) is 56.3 Å². The number of pyridine rings is 1. The smallest absolute Gasteiger partial charge is 0.911 e. The van der Waals surface area contributed by atoms with Crippen LogP contribution in [-0.4, -0.2) is 83.6 Å². The first-order chi connectivity index (χ1) is 17.2. The molecule has 0 unspecified atom stereocenters. The van der Waals surface area contributed by atoms with Crippen LogP contribution in [0.5, 0.6) is 5.88 Å². The molecule has 2 aliphatic rings. The van der Waals surface area contributed by atoms with Crippen molar-refractivity contribution in [2.24, 2.45) is 10.7 Å². The molecule has 1 aliphatic heterocycles. The third kappa shape index (κ3) is 12.0. The maximum absolute atomic E-state index is 11.8. The number of amides is 2. The van der Waals surface area contributed by atoms with Crippen molar-refractivity contribution in [3.63, 3.8) is 0 Å². The number of rotatable bonds is 11. The van der Waals surface area contributed by atoms with Gasteiger partial charge in [0.2, 0.25) is 5.91 Å². The standard InChI is InChI=1S/C14H11N3O.C12H21N3O3.2Li/c1-2-7-16-10-11(9-15)13-4-3-8-17-14(13)18-12-5-6-12;1-4-15(5-2)11(17)18-12(3)6-7-14(9-12)8-10(13)16;;/h1-4,8-9,12H,5-6H2;1-2,4-9H2,3H3,(H2,13,16);;/q-4;-2;2*+1/t;12-;;/m.1../s1. The molecule has 12 heteroatoms. The molecule has 1 saturated carbocycles. The van der Waals surface area contributed by atoms with E-state index in [0.29, 0.717) is 49.6 Å². The molecule has 1 atom stereocenters. The van der Waals surface area contributed by atoms with Crippen molar-refractivity contribution in [3.05, 3.63) is 62.0 Å². The maximum atomic E-state index is 11.8. The normalized spacial score (nSPS) is 18.8. The molecular formula is C26H32Li2N6O4-4. The number of allylic oxidation sites excluding steroid dienone is 2. The van der Waals surface area contributed by atoms with E-state index in [1.807, 2.05) is 11.8 Å². The molecule has 0 radical (unpaired) electrons. The van der Waals surface area contributed by atoms with E-state index in [1.54, 1.807) is 18.3 Å². The van der Waals surface area contributed by atoms with Crippen LogP contribution in [0.4, 0.5) is 4.79 Å². The van der Waals surface area contributed by atoms with Crippen LogP contribution in [0.3, 0.4) is 0 Å². The van der Waals surface area contributed by atoms with Crippen molar-refractivity contribution < 1.29 is 56.8 Å². The molecular weight excluding hydrogens is 474 g/mol. The Labute approximate surface area is 250 Å². The minimum Gasteiger partial charge on any atom is -0.911 e. The van der Waals surface area contributed by atoms with Crippen molar-refractivity contribution >= 4 is 30.0 Å². The van der Waals surface area contributed by atoms with Gasteiger partial charge in [0.25, 0.3) is 0 Å². The summed E-state index contributed by atoms with van der Waals surface area (Å²) in [7, 11) is 0. The fraction of sp³-hybridized carbons (Fsp3) is 0.423. The molecule has 0 aromatic carbocycles. The Morgan fingerprint density at radius 2 is 2.08 bits per heavy atom. The van der Waals surface area contributed by atoms with Gasteiger partial charge in [0.05, 0.1) is 12.6 Å². The molecule has 196 valence electrons. The molecule has 3 rings (SSSR count). The maximum Gasteiger partial charge on any atom is 1.00 e. The third-order valence-electron chi connectivity index (χ3n) is 5.33. The summed E-state index contributed by atoms with van der Waals surface area (Å²) < 4.78 is 11.1. The van der Waals surface area contributed by atoms with Crippen LogP contribution in [0.1, 0.15) is 31.7 Å². The summed E-state index contributed by atoms with van der Waals surface area (Å²) in [6, 6.07) is 3.53. The minimum atomic E-state index is -0.574. The Balaban J connectivity index is 0.000000684. The number of nitrogens with zero attached hydrogens (tertiary/aromatic N) is 5. The molecule has 1 saturated heterocycles. The zero-order valence-corrected chi connectivity index (χ0v) is 22.6. The van der Waals surface area contributed by atoms with E-state index in [0.717, 1.165) is 25.1 Å². The second kappa shape index (κ2) is 18.0. The Bertz CT molecular complexity index is 982. The number of likely N-dealkylation sites (tertiary alicyclic amines) is 1. The topological polar surface area (TPSA) is 133 Å². The fourth-order valence-corrected chi connectivity index (χ4v) is 3.36. The van der Waals surface area contributed by atoms with Gasteiger partial charge in [-0.15, -0.1) is 24.7 Å². The van der Waals surface area contributed by atoms with Crippen molar-refractivity contribution in [1.29, 1.82) is 0 Å². The number of nitrogens with two attached hydrogens (primary N) is 1. The molecule has 0 spiro atoms. The van der Waals surface area contributed by atoms with E-state index < -0.39 is 11.7 Å². The van der Waals surface area contributed by atoms with Crippen LogP contribution < -0.4 is 48.2 Å². The van der Waals surface area contributed by atoms with Gasteiger partial charge >= 0.3 is 43.8 Å². The van der Waals surface area contributed by atoms with Gasteiger partial charge in [0.1, 0.15) is 11.5 Å². The first-order valence-electron chi connectivity index (χ1n) is 11.5. The van der Waals surface area contributed by atoms with E-state index in [1.165, 1.54) is 4.90 Å². The minimum absolute atomic E-state index is 0. The zero-order valence-electron chi connectivity index (χ0n) is 22.6. The molecule has 38 heavy (non-hydrogen) atoms. The predicted octanol–water partition coefficient (Wildman–Crippen LogP) is -3.61. The summed E-state index contributed by atoms with van der Waals surface area (Å²) in [6.45, 7) is 16.3. The zero-order chi connectivity index (χ0) is 26.6. The molecule has 1 aliphatic carbocycles. The molecule has 2 heterocycles. The number of hydrogen-bond donors (Lipinski definition) is 1. The van der Waals surface area contributed by atoms with Crippen molar-refractivity contribution in [3.8, 4) is 5.88 Å². The van der Waals surface area contributed by atoms with Gasteiger partial charge in [-0.2, -0.15) is 12.4 Å². The average molecular weight is 506 g/mol. The summed E-state index contributed by atoms with van der Waals surface area (Å²) in [5.41, 5.74) is 5.57. The quantitative estimate of drug-likeness (QED) is 0.187. The van der Waals surface area contributed by atoms with Gasteiger partial charge in [-0.1, -0.05) is 6.07 Å². The van der Waals surface area contributed by atoms with Crippen LogP contribution in [0, 0.1) is 26.6 Å². The van der Waals surface area contributed by atoms with Crippen molar-refractivity contribution in [1.82, 2.24) is 14.8 Å². The van der Waals surface area contributed by atoms with Gasteiger partial charge in [-0.3, -0.25) is 15.3 Å². The third-order valence-corrected chi connectivity index (χ3v) is 5.33. The summed E-state index contributed by atoms with van der Waals surface area (Å²) in [5.74, 6) is 0.0995. The SMILES string of the molecule is [CH-]=C[C-]=N[C-]=C(C=[N-])c1cccnc1OC1CC1.[CH2-]CN(C[CH2-])C(=O)O[C@]1(C)CCN(CC(N)=O)C1.[Li+].[Li+]. The molecule has 1 aromatic heterocycles. The van der Waals surface area contributed by atoms with Crippen LogP contribution >= 0.6 is 0 Å². The number of primary amides is 1. The van der Waals surface area contributed by atoms with Crippen LogP contribution in [0.25, 0.3) is 11.0 Å². The molecule has 10 nitrogen and oxygen atoms in total. The Kier molecular flexibility index (Phi) is 16.9. The van der Waals surface area contributed by atoms with Gasteiger partial charge in [0.15, 0.2) is 0 Å². The largest absolute Gasteiger partial charge is 1.00 e. The first-order valence-corrected chi connectivity index (χ1v) is 11.5. The number of ether oxygens (including phenoxy) is 2. The average Bonchev–Trinajstić information content (AvgIpc) is 3.59.